The van der Waals surface area contributed by atoms with Crippen LogP contribution in [0.25, 0.3) is 10.6 Å². The van der Waals surface area contributed by atoms with Crippen molar-refractivity contribution >= 4 is 23.3 Å². The van der Waals surface area contributed by atoms with Crippen molar-refractivity contribution in [2.45, 2.75) is 0 Å². The van der Waals surface area contributed by atoms with E-state index < -0.39 is 11.9 Å². The molecule has 0 fully saturated rings. The molecule has 2 rings (SSSR count). The molecule has 2 aromatic heterocycles. The molecule has 3 amide bonds. The van der Waals surface area contributed by atoms with Crippen LogP contribution >= 0.6 is 11.3 Å². The first kappa shape index (κ1) is 13.0. The highest BCUT2D eigenvalue weighted by Crippen LogP contribution is 2.22. The van der Waals surface area contributed by atoms with Gasteiger partial charge in [0.05, 0.1) is 0 Å². The van der Waals surface area contributed by atoms with E-state index in [0.29, 0.717) is 5.01 Å². The molecule has 98 valence electrons. The molecule has 0 radical (unpaired) electrons. The van der Waals surface area contributed by atoms with Gasteiger partial charge in [-0.25, -0.2) is 15.2 Å². The molecule has 0 saturated carbocycles. The van der Waals surface area contributed by atoms with Crippen molar-refractivity contribution in [1.29, 1.82) is 0 Å². The van der Waals surface area contributed by atoms with Gasteiger partial charge in [0, 0.05) is 30.4 Å². The molecule has 19 heavy (non-hydrogen) atoms. The minimum absolute atomic E-state index is 0.244. The number of urea groups is 1. The third-order valence-corrected chi connectivity index (χ3v) is 3.07. The van der Waals surface area contributed by atoms with Crippen molar-refractivity contribution in [2.75, 3.05) is 7.05 Å². The number of aromatic nitrogens is 2. The molecular weight excluding hydrogens is 266 g/mol. The lowest BCUT2D eigenvalue weighted by atomic mass is 10.3. The lowest BCUT2D eigenvalue weighted by molar-refractivity contribution is 0.0932. The van der Waals surface area contributed by atoms with Gasteiger partial charge in [0.15, 0.2) is 0 Å². The topological polar surface area (TPSA) is 96.0 Å². The van der Waals surface area contributed by atoms with Gasteiger partial charge in [-0.1, -0.05) is 0 Å². The van der Waals surface area contributed by atoms with Crippen LogP contribution in [-0.4, -0.2) is 29.0 Å². The predicted molar refractivity (Wildman–Crippen MR) is 70.4 cm³/mol. The highest BCUT2D eigenvalue weighted by atomic mass is 32.1. The Morgan fingerprint density at radius 3 is 2.63 bits per heavy atom. The van der Waals surface area contributed by atoms with Crippen molar-refractivity contribution < 1.29 is 9.59 Å². The number of thiazole rings is 1. The van der Waals surface area contributed by atoms with E-state index in [1.165, 1.54) is 18.4 Å². The number of nitrogens with one attached hydrogen (secondary N) is 3. The molecule has 2 aromatic rings. The Labute approximate surface area is 113 Å². The lowest BCUT2D eigenvalue weighted by Gasteiger charge is -2.04. The van der Waals surface area contributed by atoms with E-state index in [2.05, 4.69) is 26.1 Å². The maximum Gasteiger partial charge on any atom is 0.333 e. The Balaban J connectivity index is 2.05. The highest BCUT2D eigenvalue weighted by molar-refractivity contribution is 7.13. The summed E-state index contributed by atoms with van der Waals surface area (Å²) < 4.78 is 0. The smallest absolute Gasteiger partial charge is 0.333 e. The van der Waals surface area contributed by atoms with Gasteiger partial charge in [-0.15, -0.1) is 11.3 Å². The molecule has 3 N–H and O–H groups in total. The van der Waals surface area contributed by atoms with Crippen LogP contribution in [0.2, 0.25) is 0 Å². The zero-order valence-electron chi connectivity index (χ0n) is 10.0. The summed E-state index contributed by atoms with van der Waals surface area (Å²) in [6.45, 7) is 0. The first-order valence-corrected chi connectivity index (χ1v) is 6.22. The number of pyridine rings is 1. The van der Waals surface area contributed by atoms with Crippen LogP contribution in [0.4, 0.5) is 4.79 Å². The van der Waals surface area contributed by atoms with Gasteiger partial charge < -0.3 is 5.32 Å². The summed E-state index contributed by atoms with van der Waals surface area (Å²) in [6.07, 6.45) is 3.31. The molecule has 8 heteroatoms. The Kier molecular flexibility index (Phi) is 4.04. The third kappa shape index (κ3) is 3.26. The molecule has 0 aliphatic heterocycles. The summed E-state index contributed by atoms with van der Waals surface area (Å²) >= 11 is 1.34. The van der Waals surface area contributed by atoms with E-state index in [4.69, 9.17) is 0 Å². The van der Waals surface area contributed by atoms with Crippen molar-refractivity contribution in [1.82, 2.24) is 26.1 Å². The number of hydrogen-bond donors (Lipinski definition) is 3. The van der Waals surface area contributed by atoms with Gasteiger partial charge in [0.1, 0.15) is 10.7 Å². The number of amides is 3. The van der Waals surface area contributed by atoms with Crippen molar-refractivity contribution in [3.05, 3.63) is 35.6 Å². The summed E-state index contributed by atoms with van der Waals surface area (Å²) in [6, 6.07) is 3.12. The molecule has 0 atom stereocenters. The van der Waals surface area contributed by atoms with E-state index in [9.17, 15) is 9.59 Å². The Hall–Kier alpha value is -2.48. The highest BCUT2D eigenvalue weighted by Gasteiger charge is 2.12. The van der Waals surface area contributed by atoms with Crippen LogP contribution in [-0.2, 0) is 0 Å². The number of hydrazine groups is 1. The van der Waals surface area contributed by atoms with Crippen LogP contribution in [0.15, 0.2) is 29.9 Å². The quantitative estimate of drug-likeness (QED) is 0.707. The monoisotopic (exact) mass is 277 g/mol. The average Bonchev–Trinajstić information content (AvgIpc) is 2.95. The number of carbonyl (C=O) groups is 2. The zero-order chi connectivity index (χ0) is 13.7. The van der Waals surface area contributed by atoms with Crippen LogP contribution in [0.1, 0.15) is 10.5 Å². The second kappa shape index (κ2) is 5.91. The second-order valence-corrected chi connectivity index (χ2v) is 4.29. The van der Waals surface area contributed by atoms with E-state index in [0.717, 1.165) is 5.56 Å². The normalized spacial score (nSPS) is 9.74. The SMILES string of the molecule is CNC(=O)NNC(=O)c1csc(-c2ccncc2)n1. The summed E-state index contributed by atoms with van der Waals surface area (Å²) in [5, 5.41) is 4.65. The van der Waals surface area contributed by atoms with E-state index in [1.54, 1.807) is 17.8 Å². The average molecular weight is 277 g/mol. The first-order chi connectivity index (χ1) is 9.20. The van der Waals surface area contributed by atoms with Gasteiger partial charge >= 0.3 is 6.03 Å². The predicted octanol–water partition coefficient (Wildman–Crippen LogP) is 0.779. The van der Waals surface area contributed by atoms with Crippen LogP contribution in [0.5, 0.6) is 0 Å². The zero-order valence-corrected chi connectivity index (χ0v) is 10.8. The summed E-state index contributed by atoms with van der Waals surface area (Å²) in [5.41, 5.74) is 5.56. The van der Waals surface area contributed by atoms with Crippen LogP contribution in [0.3, 0.4) is 0 Å². The largest absolute Gasteiger partial charge is 0.340 e. The third-order valence-electron chi connectivity index (χ3n) is 2.18. The molecule has 0 aromatic carbocycles. The molecule has 0 aliphatic rings. The Bertz CT molecular complexity index is 584. The van der Waals surface area contributed by atoms with E-state index in [-0.39, 0.29) is 5.69 Å². The maximum absolute atomic E-state index is 11.7. The minimum atomic E-state index is -0.502. The number of hydrogen-bond acceptors (Lipinski definition) is 5. The molecule has 2 heterocycles. The van der Waals surface area contributed by atoms with Gasteiger partial charge in [-0.05, 0) is 12.1 Å². The molecule has 0 saturated heterocycles. The van der Waals surface area contributed by atoms with E-state index >= 15 is 0 Å². The molecule has 7 nitrogen and oxygen atoms in total. The fourth-order valence-corrected chi connectivity index (χ4v) is 2.05. The first-order valence-electron chi connectivity index (χ1n) is 5.34. The number of nitrogens with zero attached hydrogens (tertiary/aromatic N) is 2. The molecule has 0 bridgehead atoms. The Morgan fingerprint density at radius 1 is 1.21 bits per heavy atom. The van der Waals surface area contributed by atoms with Gasteiger partial charge in [-0.3, -0.25) is 15.2 Å². The number of rotatable bonds is 2. The number of carbonyl (C=O) groups excluding carboxylic acids is 2. The van der Waals surface area contributed by atoms with Crippen molar-refractivity contribution in [3.63, 3.8) is 0 Å². The fourth-order valence-electron chi connectivity index (χ4n) is 1.25. The van der Waals surface area contributed by atoms with E-state index in [1.807, 2.05) is 12.1 Å². The fraction of sp³-hybridized carbons (Fsp3) is 0.0909. The summed E-state index contributed by atoms with van der Waals surface area (Å²) in [4.78, 5) is 30.7. The van der Waals surface area contributed by atoms with Crippen LogP contribution in [0, 0.1) is 0 Å². The van der Waals surface area contributed by atoms with Gasteiger partial charge in [0.2, 0.25) is 0 Å². The lowest BCUT2D eigenvalue weighted by Crippen LogP contribution is -2.45. The molecular formula is C11H11N5O2S. The van der Waals surface area contributed by atoms with Crippen molar-refractivity contribution in [2.24, 2.45) is 0 Å². The Morgan fingerprint density at radius 2 is 1.95 bits per heavy atom. The second-order valence-electron chi connectivity index (χ2n) is 3.43. The summed E-state index contributed by atoms with van der Waals surface area (Å²) in [7, 11) is 1.45. The van der Waals surface area contributed by atoms with Crippen LogP contribution < -0.4 is 16.2 Å². The minimum Gasteiger partial charge on any atom is -0.340 e. The molecule has 0 unspecified atom stereocenters. The standard InChI is InChI=1S/C11H11N5O2S/c1-12-11(18)16-15-9(17)8-6-19-10(14-8)7-2-4-13-5-3-7/h2-6H,1H3,(H,15,17)(H2,12,16,18). The van der Waals surface area contributed by atoms with Gasteiger partial charge in [-0.2, -0.15) is 0 Å². The summed E-state index contributed by atoms with van der Waals surface area (Å²) in [5.74, 6) is -0.472. The molecule has 0 spiro atoms. The van der Waals surface area contributed by atoms with Gasteiger partial charge in [0.25, 0.3) is 5.91 Å². The maximum atomic E-state index is 11.7. The molecule has 0 aliphatic carbocycles. The van der Waals surface area contributed by atoms with Crippen molar-refractivity contribution in [3.8, 4) is 10.6 Å².